The van der Waals surface area contributed by atoms with E-state index >= 15 is 0 Å². The maximum Gasteiger partial charge on any atom is 0.266 e. The van der Waals surface area contributed by atoms with Crippen LogP contribution in [0.5, 0.6) is 0 Å². The van der Waals surface area contributed by atoms with Crippen molar-refractivity contribution in [2.75, 3.05) is 42.5 Å². The number of furan rings is 1. The highest BCUT2D eigenvalue weighted by Crippen LogP contribution is 2.31. The quantitative estimate of drug-likeness (QED) is 0.626. The number of hydrogen-bond acceptors (Lipinski definition) is 7. The van der Waals surface area contributed by atoms with Crippen molar-refractivity contribution >= 4 is 17.5 Å². The predicted octanol–water partition coefficient (Wildman–Crippen LogP) is 3.30. The summed E-state index contributed by atoms with van der Waals surface area (Å²) in [6.45, 7) is 4.88. The van der Waals surface area contributed by atoms with Gasteiger partial charge in [0.05, 0.1) is 12.8 Å². The van der Waals surface area contributed by atoms with Crippen LogP contribution in [-0.4, -0.2) is 54.6 Å². The van der Waals surface area contributed by atoms with Gasteiger partial charge in [-0.1, -0.05) is 18.2 Å². The molecule has 32 heavy (non-hydrogen) atoms. The minimum Gasteiger partial charge on any atom is -0.459 e. The molecule has 0 bridgehead atoms. The average Bonchev–Trinajstić information content (AvgIpc) is 3.51. The maximum atomic E-state index is 13.1. The van der Waals surface area contributed by atoms with E-state index in [-0.39, 0.29) is 17.5 Å². The van der Waals surface area contributed by atoms with Gasteiger partial charge in [0.15, 0.2) is 5.76 Å². The number of para-hydroxylation sites is 1. The molecule has 0 saturated carbocycles. The molecule has 1 atom stereocenters. The van der Waals surface area contributed by atoms with Crippen LogP contribution >= 0.6 is 0 Å². The molecule has 0 unspecified atom stereocenters. The van der Waals surface area contributed by atoms with E-state index in [1.54, 1.807) is 12.1 Å². The third-order valence-corrected chi connectivity index (χ3v) is 6.34. The minimum absolute atomic E-state index is 0.127. The van der Waals surface area contributed by atoms with Crippen LogP contribution < -0.4 is 9.80 Å². The van der Waals surface area contributed by atoms with E-state index in [9.17, 15) is 10.1 Å². The van der Waals surface area contributed by atoms with Crippen molar-refractivity contribution in [3.63, 3.8) is 0 Å². The summed E-state index contributed by atoms with van der Waals surface area (Å²) < 4.78 is 11.2. The first-order valence-electron chi connectivity index (χ1n) is 11.0. The molecule has 1 saturated heterocycles. The van der Waals surface area contributed by atoms with Gasteiger partial charge in [-0.3, -0.25) is 4.79 Å². The van der Waals surface area contributed by atoms with Crippen LogP contribution in [0.3, 0.4) is 0 Å². The fourth-order valence-electron chi connectivity index (χ4n) is 4.51. The van der Waals surface area contributed by atoms with Crippen LogP contribution in [-0.2, 0) is 11.2 Å². The van der Waals surface area contributed by atoms with Gasteiger partial charge in [0, 0.05) is 37.9 Å². The Morgan fingerprint density at radius 1 is 1.19 bits per heavy atom. The lowest BCUT2D eigenvalue weighted by Gasteiger charge is -2.39. The summed E-state index contributed by atoms with van der Waals surface area (Å²) in [6.07, 6.45) is 3.65. The smallest absolute Gasteiger partial charge is 0.266 e. The van der Waals surface area contributed by atoms with Gasteiger partial charge >= 0.3 is 0 Å². The Balaban J connectivity index is 1.25. The molecule has 8 nitrogen and oxygen atoms in total. The number of nitriles is 1. The van der Waals surface area contributed by atoms with Gasteiger partial charge in [-0.05, 0) is 43.5 Å². The van der Waals surface area contributed by atoms with Crippen molar-refractivity contribution in [2.24, 2.45) is 0 Å². The number of carbonyl (C=O) groups is 1. The second-order valence-electron chi connectivity index (χ2n) is 8.27. The summed E-state index contributed by atoms with van der Waals surface area (Å²) in [6, 6.07) is 14.3. The number of rotatable bonds is 4. The lowest BCUT2D eigenvalue weighted by Crippen LogP contribution is -2.52. The number of nitrogens with zero attached hydrogens (tertiary/aromatic N) is 5. The Hall–Kier alpha value is -3.73. The Morgan fingerprint density at radius 3 is 2.75 bits per heavy atom. The molecule has 0 N–H and O–H groups in total. The van der Waals surface area contributed by atoms with Crippen LogP contribution in [0, 0.1) is 11.3 Å². The van der Waals surface area contributed by atoms with Crippen molar-refractivity contribution < 1.29 is 13.6 Å². The molecular formula is C24H25N5O3. The third kappa shape index (κ3) is 3.71. The number of piperazine rings is 1. The third-order valence-electron chi connectivity index (χ3n) is 6.34. The molecule has 1 aromatic carbocycles. The molecule has 3 aromatic rings. The second kappa shape index (κ2) is 8.42. The lowest BCUT2D eigenvalue weighted by atomic mass is 9.96. The highest BCUT2D eigenvalue weighted by Gasteiger charge is 2.30. The van der Waals surface area contributed by atoms with Crippen molar-refractivity contribution in [3.05, 3.63) is 53.9 Å². The summed E-state index contributed by atoms with van der Waals surface area (Å²) in [5, 5.41) is 9.49. The molecule has 5 rings (SSSR count). The number of aromatic nitrogens is 1. The molecule has 0 spiro atoms. The van der Waals surface area contributed by atoms with Gasteiger partial charge in [0.2, 0.25) is 17.5 Å². The second-order valence-corrected chi connectivity index (χ2v) is 8.27. The zero-order valence-corrected chi connectivity index (χ0v) is 18.0. The number of carbonyl (C=O) groups excluding carboxylic acids is 1. The number of fused-ring (bicyclic) bond motifs is 1. The van der Waals surface area contributed by atoms with E-state index in [1.165, 1.54) is 17.5 Å². The standard InChI is InChI=1S/C24H25N5O3/c1-17-8-9-18-5-2-3-6-20(18)29(17)16-22(30)27-10-12-28(13-11-27)24-19(15-25)26-23(32-24)21-7-4-14-31-21/h2-7,14,17H,8-13,16H2,1H3/t17-/m0/s1. The van der Waals surface area contributed by atoms with E-state index < -0.39 is 0 Å². The SMILES string of the molecule is C[C@H]1CCc2ccccc2N1CC(=O)N1CCN(c2oc(-c3ccco3)nc2C#N)CC1. The molecule has 1 amide bonds. The maximum absolute atomic E-state index is 13.1. The van der Waals surface area contributed by atoms with Crippen LogP contribution in [0.2, 0.25) is 0 Å². The molecule has 0 radical (unpaired) electrons. The zero-order chi connectivity index (χ0) is 22.1. The number of amides is 1. The Morgan fingerprint density at radius 2 is 2.00 bits per heavy atom. The summed E-state index contributed by atoms with van der Waals surface area (Å²) in [5.74, 6) is 1.34. The number of hydrogen-bond donors (Lipinski definition) is 0. The summed E-state index contributed by atoms with van der Waals surface area (Å²) in [4.78, 5) is 23.5. The van der Waals surface area contributed by atoms with Crippen LogP contribution in [0.1, 0.15) is 24.6 Å². The topological polar surface area (TPSA) is 89.8 Å². The van der Waals surface area contributed by atoms with Gasteiger partial charge in [0.25, 0.3) is 5.89 Å². The minimum atomic E-state index is 0.127. The normalized spacial score (nSPS) is 18.4. The van der Waals surface area contributed by atoms with Crippen molar-refractivity contribution in [1.29, 1.82) is 5.26 Å². The number of benzene rings is 1. The van der Waals surface area contributed by atoms with Crippen molar-refractivity contribution in [2.45, 2.75) is 25.8 Å². The molecule has 2 aliphatic rings. The summed E-state index contributed by atoms with van der Waals surface area (Å²) in [5.41, 5.74) is 2.71. The average molecular weight is 431 g/mol. The molecular weight excluding hydrogens is 406 g/mol. The van der Waals surface area contributed by atoms with E-state index in [2.05, 4.69) is 41.1 Å². The van der Waals surface area contributed by atoms with Crippen molar-refractivity contribution in [3.8, 4) is 17.7 Å². The zero-order valence-electron chi connectivity index (χ0n) is 18.0. The largest absolute Gasteiger partial charge is 0.459 e. The summed E-state index contributed by atoms with van der Waals surface area (Å²) in [7, 11) is 0. The van der Waals surface area contributed by atoms with Gasteiger partial charge < -0.3 is 23.5 Å². The van der Waals surface area contributed by atoms with E-state index in [1.807, 2.05) is 15.9 Å². The van der Waals surface area contributed by atoms with Crippen LogP contribution in [0.25, 0.3) is 11.7 Å². The monoisotopic (exact) mass is 431 g/mol. The summed E-state index contributed by atoms with van der Waals surface area (Å²) >= 11 is 0. The van der Waals surface area contributed by atoms with E-state index in [4.69, 9.17) is 8.83 Å². The highest BCUT2D eigenvalue weighted by molar-refractivity contribution is 5.82. The molecule has 1 fully saturated rings. The van der Waals surface area contributed by atoms with Gasteiger partial charge in [0.1, 0.15) is 6.07 Å². The predicted molar refractivity (Wildman–Crippen MR) is 119 cm³/mol. The van der Waals surface area contributed by atoms with Crippen LogP contribution in [0.4, 0.5) is 11.6 Å². The molecule has 8 heteroatoms. The fourth-order valence-corrected chi connectivity index (χ4v) is 4.51. The molecule has 164 valence electrons. The van der Waals surface area contributed by atoms with Crippen molar-refractivity contribution in [1.82, 2.24) is 9.88 Å². The Bertz CT molecular complexity index is 1140. The fraction of sp³-hybridized carbons (Fsp3) is 0.375. The molecule has 2 aromatic heterocycles. The lowest BCUT2D eigenvalue weighted by molar-refractivity contribution is -0.130. The van der Waals surface area contributed by atoms with Crippen LogP contribution in [0.15, 0.2) is 51.5 Å². The highest BCUT2D eigenvalue weighted by atomic mass is 16.4. The molecule has 0 aliphatic carbocycles. The van der Waals surface area contributed by atoms with Gasteiger partial charge in [-0.2, -0.15) is 10.2 Å². The van der Waals surface area contributed by atoms with E-state index in [0.717, 1.165) is 12.8 Å². The van der Waals surface area contributed by atoms with Gasteiger partial charge in [-0.15, -0.1) is 0 Å². The van der Waals surface area contributed by atoms with E-state index in [0.29, 0.717) is 50.4 Å². The number of oxazole rings is 1. The number of anilines is 2. The molecule has 2 aliphatic heterocycles. The first-order chi connectivity index (χ1) is 15.6. The van der Waals surface area contributed by atoms with Gasteiger partial charge in [-0.25, -0.2) is 0 Å². The number of aryl methyl sites for hydroxylation is 1. The Labute approximate surface area is 186 Å². The Kier molecular flexibility index (Phi) is 5.31. The first-order valence-corrected chi connectivity index (χ1v) is 11.0. The molecule has 4 heterocycles. The first kappa shape index (κ1) is 20.2.